The number of aryl methyl sites for hydroxylation is 1. The van der Waals surface area contributed by atoms with E-state index >= 15 is 0 Å². The summed E-state index contributed by atoms with van der Waals surface area (Å²) < 4.78 is 12.1. The minimum absolute atomic E-state index is 0.0186. The molecule has 2 aliphatic carbocycles. The zero-order chi connectivity index (χ0) is 16.7. The van der Waals surface area contributed by atoms with E-state index in [1.165, 1.54) is 12.8 Å². The van der Waals surface area contributed by atoms with Crippen molar-refractivity contribution in [2.45, 2.75) is 63.2 Å². The number of aromatic amines is 1. The minimum atomic E-state index is -0.212. The van der Waals surface area contributed by atoms with Crippen LogP contribution in [0.5, 0.6) is 0 Å². The summed E-state index contributed by atoms with van der Waals surface area (Å²) in [5.74, 6) is 1.18. The number of amides is 1. The van der Waals surface area contributed by atoms with Crippen molar-refractivity contribution in [3.05, 3.63) is 17.7 Å². The second-order valence-corrected chi connectivity index (χ2v) is 7.62. The van der Waals surface area contributed by atoms with Crippen molar-refractivity contribution >= 4 is 5.91 Å². The van der Waals surface area contributed by atoms with Crippen LogP contribution in [-0.2, 0) is 9.47 Å². The van der Waals surface area contributed by atoms with Gasteiger partial charge in [0.25, 0.3) is 5.91 Å². The molecule has 1 aromatic rings. The molecule has 132 valence electrons. The fourth-order valence-corrected chi connectivity index (χ4v) is 4.27. The maximum atomic E-state index is 12.9. The molecule has 3 atom stereocenters. The van der Waals surface area contributed by atoms with E-state index in [-0.39, 0.29) is 23.7 Å². The SMILES string of the molecule is CO[C@@]12CC[C@@H](OCC3CC3)C[C@@H]1N(C(=O)c1ncc(C)[nH]1)CC2. The number of aromatic nitrogens is 2. The Morgan fingerprint density at radius 2 is 2.25 bits per heavy atom. The van der Waals surface area contributed by atoms with Gasteiger partial charge in [0.1, 0.15) is 0 Å². The molecule has 24 heavy (non-hydrogen) atoms. The van der Waals surface area contributed by atoms with E-state index in [1.807, 2.05) is 11.8 Å². The van der Waals surface area contributed by atoms with E-state index in [1.54, 1.807) is 13.3 Å². The van der Waals surface area contributed by atoms with Gasteiger partial charge in [-0.15, -0.1) is 0 Å². The molecule has 2 heterocycles. The lowest BCUT2D eigenvalue weighted by molar-refractivity contribution is -0.0977. The molecule has 0 unspecified atom stereocenters. The number of carbonyl (C=O) groups excluding carboxylic acids is 1. The molecule has 0 bridgehead atoms. The Morgan fingerprint density at radius 3 is 2.92 bits per heavy atom. The van der Waals surface area contributed by atoms with E-state index < -0.39 is 0 Å². The van der Waals surface area contributed by atoms with Crippen molar-refractivity contribution in [3.63, 3.8) is 0 Å². The Labute approximate surface area is 142 Å². The molecular weight excluding hydrogens is 306 g/mol. The number of likely N-dealkylation sites (tertiary alicyclic amines) is 1. The molecule has 0 spiro atoms. The summed E-state index contributed by atoms with van der Waals surface area (Å²) in [6.45, 7) is 3.52. The Morgan fingerprint density at radius 1 is 1.42 bits per heavy atom. The molecule has 1 aliphatic heterocycles. The molecular formula is C18H27N3O3. The van der Waals surface area contributed by atoms with Gasteiger partial charge in [-0.3, -0.25) is 4.79 Å². The quantitative estimate of drug-likeness (QED) is 0.898. The third kappa shape index (κ3) is 2.86. The predicted octanol–water partition coefficient (Wildman–Crippen LogP) is 2.30. The number of nitrogens with one attached hydrogen (secondary N) is 1. The monoisotopic (exact) mass is 333 g/mol. The number of methoxy groups -OCH3 is 1. The van der Waals surface area contributed by atoms with Gasteiger partial charge in [-0.25, -0.2) is 4.98 Å². The number of hydrogen-bond donors (Lipinski definition) is 1. The lowest BCUT2D eigenvalue weighted by Gasteiger charge is -2.43. The second kappa shape index (κ2) is 6.15. The van der Waals surface area contributed by atoms with Crippen LogP contribution in [0.3, 0.4) is 0 Å². The molecule has 4 rings (SSSR count). The van der Waals surface area contributed by atoms with Crippen LogP contribution < -0.4 is 0 Å². The Bertz CT molecular complexity index is 612. The highest BCUT2D eigenvalue weighted by atomic mass is 16.5. The van der Waals surface area contributed by atoms with Gasteiger partial charge in [0.15, 0.2) is 5.82 Å². The topological polar surface area (TPSA) is 67.5 Å². The van der Waals surface area contributed by atoms with Crippen molar-refractivity contribution in [2.24, 2.45) is 5.92 Å². The van der Waals surface area contributed by atoms with E-state index in [2.05, 4.69) is 9.97 Å². The normalized spacial score (nSPS) is 32.8. The van der Waals surface area contributed by atoms with Crippen LogP contribution in [0.4, 0.5) is 0 Å². The van der Waals surface area contributed by atoms with Gasteiger partial charge in [0.2, 0.25) is 0 Å². The number of H-pyrrole nitrogens is 1. The standard InChI is InChI=1S/C18H27N3O3/c1-12-10-19-16(20-12)17(22)21-8-7-18(23-2)6-5-14(9-15(18)21)24-11-13-3-4-13/h10,13-15H,3-9,11H2,1-2H3,(H,19,20)/t14-,15+,18-/m1/s1. The molecule has 1 saturated heterocycles. The fraction of sp³-hybridized carbons (Fsp3) is 0.778. The van der Waals surface area contributed by atoms with Gasteiger partial charge in [0, 0.05) is 32.2 Å². The van der Waals surface area contributed by atoms with E-state index in [9.17, 15) is 4.79 Å². The predicted molar refractivity (Wildman–Crippen MR) is 88.8 cm³/mol. The van der Waals surface area contributed by atoms with Crippen molar-refractivity contribution < 1.29 is 14.3 Å². The smallest absolute Gasteiger partial charge is 0.289 e. The van der Waals surface area contributed by atoms with Gasteiger partial charge >= 0.3 is 0 Å². The molecule has 1 aromatic heterocycles. The molecule has 3 aliphatic rings. The Balaban J connectivity index is 1.49. The van der Waals surface area contributed by atoms with Gasteiger partial charge < -0.3 is 19.4 Å². The van der Waals surface area contributed by atoms with Crippen molar-refractivity contribution in [2.75, 3.05) is 20.3 Å². The van der Waals surface area contributed by atoms with Crippen LogP contribution in [-0.4, -0.2) is 58.8 Å². The van der Waals surface area contributed by atoms with Crippen molar-refractivity contribution in [3.8, 4) is 0 Å². The van der Waals surface area contributed by atoms with Gasteiger partial charge in [-0.2, -0.15) is 0 Å². The third-order valence-corrected chi connectivity index (χ3v) is 5.97. The number of fused-ring (bicyclic) bond motifs is 1. The zero-order valence-electron chi connectivity index (χ0n) is 14.6. The van der Waals surface area contributed by atoms with Crippen molar-refractivity contribution in [1.29, 1.82) is 0 Å². The average Bonchev–Trinajstić information content (AvgIpc) is 3.20. The molecule has 0 aromatic carbocycles. The molecule has 1 N–H and O–H groups in total. The molecule has 1 amide bonds. The zero-order valence-corrected chi connectivity index (χ0v) is 14.6. The van der Waals surface area contributed by atoms with Crippen LogP contribution in [0, 0.1) is 12.8 Å². The van der Waals surface area contributed by atoms with E-state index in [0.29, 0.717) is 5.82 Å². The van der Waals surface area contributed by atoms with Gasteiger partial charge in [-0.05, 0) is 51.4 Å². The summed E-state index contributed by atoms with van der Waals surface area (Å²) >= 11 is 0. The first-order valence-corrected chi connectivity index (χ1v) is 9.10. The third-order valence-electron chi connectivity index (χ3n) is 5.97. The summed E-state index contributed by atoms with van der Waals surface area (Å²) in [6.07, 6.45) is 8.31. The van der Waals surface area contributed by atoms with Crippen molar-refractivity contribution in [1.82, 2.24) is 14.9 Å². The van der Waals surface area contributed by atoms with Crippen LogP contribution >= 0.6 is 0 Å². The highest BCUT2D eigenvalue weighted by molar-refractivity contribution is 5.91. The summed E-state index contributed by atoms with van der Waals surface area (Å²) in [7, 11) is 1.78. The fourth-order valence-electron chi connectivity index (χ4n) is 4.27. The molecule has 2 saturated carbocycles. The molecule has 3 fully saturated rings. The summed E-state index contributed by atoms with van der Waals surface area (Å²) in [6, 6.07) is 0.0818. The summed E-state index contributed by atoms with van der Waals surface area (Å²) in [4.78, 5) is 22.1. The molecule has 0 radical (unpaired) electrons. The average molecular weight is 333 g/mol. The van der Waals surface area contributed by atoms with Gasteiger partial charge in [0.05, 0.1) is 17.7 Å². The van der Waals surface area contributed by atoms with E-state index in [0.717, 1.165) is 50.4 Å². The number of carbonyl (C=O) groups is 1. The van der Waals surface area contributed by atoms with Gasteiger partial charge in [-0.1, -0.05) is 0 Å². The number of imidazole rings is 1. The van der Waals surface area contributed by atoms with Crippen LogP contribution in [0.1, 0.15) is 54.8 Å². The first kappa shape index (κ1) is 16.1. The molecule has 6 heteroatoms. The minimum Gasteiger partial charge on any atom is -0.378 e. The van der Waals surface area contributed by atoms with Crippen LogP contribution in [0.15, 0.2) is 6.20 Å². The first-order valence-electron chi connectivity index (χ1n) is 9.10. The highest BCUT2D eigenvalue weighted by Gasteiger charge is 2.53. The Kier molecular flexibility index (Phi) is 4.12. The lowest BCUT2D eigenvalue weighted by Crippen LogP contribution is -2.53. The van der Waals surface area contributed by atoms with E-state index in [4.69, 9.17) is 9.47 Å². The van der Waals surface area contributed by atoms with Crippen LogP contribution in [0.2, 0.25) is 0 Å². The number of ether oxygens (including phenoxy) is 2. The number of hydrogen-bond acceptors (Lipinski definition) is 4. The maximum absolute atomic E-state index is 12.9. The Hall–Kier alpha value is -1.40. The largest absolute Gasteiger partial charge is 0.378 e. The summed E-state index contributed by atoms with van der Waals surface area (Å²) in [5.41, 5.74) is 0.696. The summed E-state index contributed by atoms with van der Waals surface area (Å²) in [5, 5.41) is 0. The number of rotatable bonds is 5. The molecule has 6 nitrogen and oxygen atoms in total. The lowest BCUT2D eigenvalue weighted by atomic mass is 9.79. The first-order chi connectivity index (χ1) is 11.6. The van der Waals surface area contributed by atoms with Crippen LogP contribution in [0.25, 0.3) is 0 Å². The number of nitrogens with zero attached hydrogens (tertiary/aromatic N) is 2. The maximum Gasteiger partial charge on any atom is 0.289 e. The second-order valence-electron chi connectivity index (χ2n) is 7.62. The highest BCUT2D eigenvalue weighted by Crippen LogP contribution is 2.44.